The highest BCUT2D eigenvalue weighted by atomic mass is 19.1. The van der Waals surface area contributed by atoms with Crippen molar-refractivity contribution in [1.29, 1.82) is 0 Å². The van der Waals surface area contributed by atoms with Crippen LogP contribution in [0.2, 0.25) is 0 Å². The maximum atomic E-state index is 13.4. The third kappa shape index (κ3) is 2.65. The number of hydrogen-bond acceptors (Lipinski definition) is 4. The second-order valence-electron chi connectivity index (χ2n) is 3.72. The van der Waals surface area contributed by atoms with E-state index in [4.69, 9.17) is 5.11 Å². The summed E-state index contributed by atoms with van der Waals surface area (Å²) in [6, 6.07) is 3.41. The van der Waals surface area contributed by atoms with Crippen LogP contribution in [0.15, 0.2) is 24.4 Å². The molecule has 0 saturated carbocycles. The molecule has 0 amide bonds. The van der Waals surface area contributed by atoms with Crippen LogP contribution in [0.5, 0.6) is 0 Å². The number of aromatic nitrogens is 2. The van der Waals surface area contributed by atoms with Crippen LogP contribution in [-0.2, 0) is 0 Å². The molecule has 0 aliphatic rings. The zero-order chi connectivity index (χ0) is 14.0. The number of nitrogens with zero attached hydrogens (tertiary/aromatic N) is 2. The van der Waals surface area contributed by atoms with Crippen molar-refractivity contribution in [2.75, 3.05) is 5.32 Å². The number of aromatic carboxylic acids is 1. The molecule has 0 fully saturated rings. The third-order valence-electron chi connectivity index (χ3n) is 2.41. The van der Waals surface area contributed by atoms with Gasteiger partial charge in [0.05, 0.1) is 11.3 Å². The van der Waals surface area contributed by atoms with Gasteiger partial charge < -0.3 is 10.4 Å². The predicted octanol–water partition coefficient (Wildman–Crippen LogP) is 2.51. The van der Waals surface area contributed by atoms with Gasteiger partial charge in [0, 0.05) is 6.20 Å². The third-order valence-corrected chi connectivity index (χ3v) is 2.41. The van der Waals surface area contributed by atoms with Crippen molar-refractivity contribution in [3.8, 4) is 0 Å². The Kier molecular flexibility index (Phi) is 3.37. The molecule has 1 aromatic heterocycles. The number of carboxylic acids is 1. The molecule has 0 atom stereocenters. The summed E-state index contributed by atoms with van der Waals surface area (Å²) in [6.45, 7) is 1.47. The van der Waals surface area contributed by atoms with Gasteiger partial charge >= 0.3 is 5.97 Å². The fourth-order valence-electron chi connectivity index (χ4n) is 1.47. The van der Waals surface area contributed by atoms with E-state index in [9.17, 15) is 13.6 Å². The minimum Gasteiger partial charge on any atom is -0.478 e. The van der Waals surface area contributed by atoms with Crippen molar-refractivity contribution in [2.45, 2.75) is 6.92 Å². The predicted molar refractivity (Wildman–Crippen MR) is 63.4 cm³/mol. The molecule has 0 saturated heterocycles. The van der Waals surface area contributed by atoms with Gasteiger partial charge in [-0.15, -0.1) is 0 Å². The first-order valence-electron chi connectivity index (χ1n) is 5.27. The number of carbonyl (C=O) groups is 1. The van der Waals surface area contributed by atoms with Gasteiger partial charge in [-0.1, -0.05) is 6.07 Å². The zero-order valence-corrected chi connectivity index (χ0v) is 9.82. The number of aryl methyl sites for hydroxylation is 1. The molecule has 0 unspecified atom stereocenters. The molecule has 0 aliphatic carbocycles. The Morgan fingerprint density at radius 3 is 2.47 bits per heavy atom. The maximum Gasteiger partial charge on any atom is 0.339 e. The number of carboxylic acid groups (broad SMARTS) is 1. The molecule has 0 radical (unpaired) electrons. The quantitative estimate of drug-likeness (QED) is 0.891. The van der Waals surface area contributed by atoms with Gasteiger partial charge in [0.1, 0.15) is 17.3 Å². The largest absolute Gasteiger partial charge is 0.478 e. The maximum absolute atomic E-state index is 13.4. The first-order chi connectivity index (χ1) is 8.99. The molecule has 2 rings (SSSR count). The van der Waals surface area contributed by atoms with Crippen LogP contribution in [0.4, 0.5) is 20.4 Å². The Hall–Kier alpha value is -2.57. The van der Waals surface area contributed by atoms with Crippen molar-refractivity contribution in [3.05, 3.63) is 47.3 Å². The smallest absolute Gasteiger partial charge is 0.339 e. The number of hydrogen-bond donors (Lipinski definition) is 2. The van der Waals surface area contributed by atoms with Gasteiger partial charge in [-0.25, -0.2) is 23.5 Å². The van der Waals surface area contributed by atoms with Crippen molar-refractivity contribution in [1.82, 2.24) is 9.97 Å². The minimum atomic E-state index is -1.17. The zero-order valence-electron chi connectivity index (χ0n) is 9.82. The van der Waals surface area contributed by atoms with Crippen LogP contribution in [-0.4, -0.2) is 21.0 Å². The highest BCUT2D eigenvalue weighted by molar-refractivity contribution is 5.88. The number of rotatable bonds is 3. The highest BCUT2D eigenvalue weighted by Gasteiger charge is 2.13. The van der Waals surface area contributed by atoms with Crippen molar-refractivity contribution >= 4 is 17.6 Å². The second-order valence-corrected chi connectivity index (χ2v) is 3.72. The van der Waals surface area contributed by atoms with Gasteiger partial charge in [-0.2, -0.15) is 0 Å². The van der Waals surface area contributed by atoms with E-state index in [0.717, 1.165) is 18.3 Å². The van der Waals surface area contributed by atoms with E-state index in [1.807, 2.05) is 0 Å². The fourth-order valence-corrected chi connectivity index (χ4v) is 1.47. The molecule has 0 aliphatic heterocycles. The van der Waals surface area contributed by atoms with Crippen LogP contribution in [0.1, 0.15) is 16.1 Å². The summed E-state index contributed by atoms with van der Waals surface area (Å²) in [5.74, 6) is -2.82. The summed E-state index contributed by atoms with van der Waals surface area (Å²) in [7, 11) is 0. The molecule has 0 spiro atoms. The molecular formula is C12H9F2N3O2. The van der Waals surface area contributed by atoms with Crippen LogP contribution in [0.3, 0.4) is 0 Å². The Balaban J connectivity index is 2.34. The lowest BCUT2D eigenvalue weighted by atomic mass is 10.2. The van der Waals surface area contributed by atoms with Gasteiger partial charge in [0.25, 0.3) is 0 Å². The summed E-state index contributed by atoms with van der Waals surface area (Å²) >= 11 is 0. The molecule has 0 bridgehead atoms. The first kappa shape index (κ1) is 12.9. The van der Waals surface area contributed by atoms with Crippen molar-refractivity contribution in [3.63, 3.8) is 0 Å². The molecule has 5 nitrogen and oxygen atoms in total. The molecular weight excluding hydrogens is 256 g/mol. The molecule has 1 aromatic carbocycles. The molecule has 2 aromatic rings. The summed E-state index contributed by atoms with van der Waals surface area (Å²) in [5, 5.41) is 11.2. The van der Waals surface area contributed by atoms with E-state index in [-0.39, 0.29) is 22.9 Å². The topological polar surface area (TPSA) is 75.1 Å². The summed E-state index contributed by atoms with van der Waals surface area (Å²) < 4.78 is 26.8. The van der Waals surface area contributed by atoms with Crippen LogP contribution >= 0.6 is 0 Å². The van der Waals surface area contributed by atoms with E-state index in [2.05, 4.69) is 15.3 Å². The molecule has 19 heavy (non-hydrogen) atoms. The molecule has 1 heterocycles. The van der Waals surface area contributed by atoms with Gasteiger partial charge in [-0.05, 0) is 19.1 Å². The van der Waals surface area contributed by atoms with E-state index in [1.165, 1.54) is 13.0 Å². The number of para-hydroxylation sites is 1. The number of anilines is 2. The molecule has 98 valence electrons. The average Bonchev–Trinajstić information content (AvgIpc) is 2.33. The minimum absolute atomic E-state index is 0.0699. The van der Waals surface area contributed by atoms with Gasteiger partial charge in [-0.3, -0.25) is 0 Å². The van der Waals surface area contributed by atoms with Gasteiger partial charge in [0.2, 0.25) is 5.95 Å². The summed E-state index contributed by atoms with van der Waals surface area (Å²) in [6.07, 6.45) is 1.08. The van der Waals surface area contributed by atoms with Gasteiger partial charge in [0.15, 0.2) is 0 Å². The monoisotopic (exact) mass is 265 g/mol. The lowest BCUT2D eigenvalue weighted by molar-refractivity contribution is 0.0695. The average molecular weight is 265 g/mol. The second kappa shape index (κ2) is 4.97. The van der Waals surface area contributed by atoms with Crippen molar-refractivity contribution in [2.24, 2.45) is 0 Å². The van der Waals surface area contributed by atoms with E-state index in [1.54, 1.807) is 0 Å². The first-order valence-corrected chi connectivity index (χ1v) is 5.27. The normalized spacial score (nSPS) is 10.3. The lowest BCUT2D eigenvalue weighted by Gasteiger charge is -2.08. The van der Waals surface area contributed by atoms with Crippen LogP contribution in [0.25, 0.3) is 0 Å². The van der Waals surface area contributed by atoms with E-state index in [0.29, 0.717) is 0 Å². The Morgan fingerprint density at radius 1 is 1.32 bits per heavy atom. The van der Waals surface area contributed by atoms with E-state index >= 15 is 0 Å². The molecule has 2 N–H and O–H groups in total. The highest BCUT2D eigenvalue weighted by Crippen LogP contribution is 2.21. The fraction of sp³-hybridized carbons (Fsp3) is 0.0833. The van der Waals surface area contributed by atoms with Crippen LogP contribution in [0, 0.1) is 18.6 Å². The number of nitrogens with one attached hydrogen (secondary N) is 1. The number of halogens is 2. The lowest BCUT2D eigenvalue weighted by Crippen LogP contribution is -2.07. The van der Waals surface area contributed by atoms with E-state index < -0.39 is 17.6 Å². The Morgan fingerprint density at radius 2 is 1.95 bits per heavy atom. The SMILES string of the molecule is Cc1nc(Nc2c(F)cccc2F)ncc1C(=O)O. The Bertz CT molecular complexity index is 627. The summed E-state index contributed by atoms with van der Waals surface area (Å²) in [4.78, 5) is 18.3. The van der Waals surface area contributed by atoms with Crippen LogP contribution < -0.4 is 5.32 Å². The standard InChI is InChI=1S/C12H9F2N3O2/c1-6-7(11(18)19)5-15-12(16-6)17-10-8(13)3-2-4-9(10)14/h2-5H,1H3,(H,18,19)(H,15,16,17). The number of benzene rings is 1. The van der Waals surface area contributed by atoms with Crippen molar-refractivity contribution < 1.29 is 18.7 Å². The summed E-state index contributed by atoms with van der Waals surface area (Å²) in [5.41, 5.74) is -0.258. The Labute approximate surface area is 106 Å². The molecule has 7 heteroatoms.